The van der Waals surface area contributed by atoms with Gasteiger partial charge >= 0.3 is 0 Å². The molecule has 3 aliphatic carbocycles. The van der Waals surface area contributed by atoms with Gasteiger partial charge < -0.3 is 10.2 Å². The van der Waals surface area contributed by atoms with Crippen LogP contribution in [-0.2, 0) is 9.59 Å². The van der Waals surface area contributed by atoms with Gasteiger partial charge in [-0.3, -0.25) is 9.59 Å². The molecule has 24 heavy (non-hydrogen) atoms. The van der Waals surface area contributed by atoms with Gasteiger partial charge in [0.25, 0.3) is 0 Å². The van der Waals surface area contributed by atoms with Crippen LogP contribution in [0.1, 0.15) is 59.8 Å². The largest absolute Gasteiger partial charge is 0.394 e. The number of allylic oxidation sites excluding steroid dienone is 2. The Morgan fingerprint density at radius 2 is 1.92 bits per heavy atom. The van der Waals surface area contributed by atoms with E-state index in [-0.39, 0.29) is 40.8 Å². The molecule has 0 spiro atoms. The lowest BCUT2D eigenvalue weighted by Gasteiger charge is -2.61. The van der Waals surface area contributed by atoms with Crippen LogP contribution >= 0.6 is 0 Å². The summed E-state index contributed by atoms with van der Waals surface area (Å²) in [5.74, 6) is 0.484. The standard InChI is InChI=1S/C20H30O4/c1-12-7-13(22)8-16-19(3)6-5-18(2,17(24)11-21)9-14(19)15(23)10-20(12,16)4/h7,14,16-17,21,24H,5-6,8-11H2,1-4H3/t14-,16-,17-,18+,19+,20-/m1/s1. The molecule has 134 valence electrons. The average molecular weight is 334 g/mol. The second-order valence-electron chi connectivity index (χ2n) is 9.23. The van der Waals surface area contributed by atoms with Crippen LogP contribution in [-0.4, -0.2) is 34.5 Å². The van der Waals surface area contributed by atoms with Crippen molar-refractivity contribution >= 4 is 11.6 Å². The van der Waals surface area contributed by atoms with Crippen molar-refractivity contribution in [3.8, 4) is 0 Å². The molecule has 4 heteroatoms. The van der Waals surface area contributed by atoms with Crippen molar-refractivity contribution in [2.24, 2.45) is 28.1 Å². The summed E-state index contributed by atoms with van der Waals surface area (Å²) in [4.78, 5) is 25.3. The van der Waals surface area contributed by atoms with Gasteiger partial charge in [-0.2, -0.15) is 0 Å². The second kappa shape index (κ2) is 5.50. The number of ketones is 2. The van der Waals surface area contributed by atoms with Gasteiger partial charge in [0, 0.05) is 18.8 Å². The molecular weight excluding hydrogens is 304 g/mol. The molecule has 0 radical (unpaired) electrons. The number of rotatable bonds is 2. The Kier molecular flexibility index (Phi) is 4.08. The predicted octanol–water partition coefficient (Wildman–Crippen LogP) is 2.67. The van der Waals surface area contributed by atoms with E-state index in [1.54, 1.807) is 6.08 Å². The monoisotopic (exact) mass is 334 g/mol. The fourth-order valence-electron chi connectivity index (χ4n) is 5.83. The quantitative estimate of drug-likeness (QED) is 0.814. The molecule has 0 heterocycles. The highest BCUT2D eigenvalue weighted by Crippen LogP contribution is 2.65. The van der Waals surface area contributed by atoms with Crippen molar-refractivity contribution in [3.05, 3.63) is 11.6 Å². The first kappa shape index (κ1) is 17.8. The molecule has 2 N–H and O–H groups in total. The van der Waals surface area contributed by atoms with E-state index in [1.165, 1.54) is 0 Å². The van der Waals surface area contributed by atoms with Gasteiger partial charge in [-0.25, -0.2) is 0 Å². The van der Waals surface area contributed by atoms with Gasteiger partial charge in [0.05, 0.1) is 12.7 Å². The van der Waals surface area contributed by atoms with Crippen LogP contribution in [0.15, 0.2) is 11.6 Å². The number of aliphatic hydroxyl groups excluding tert-OH is 2. The normalized spacial score (nSPS) is 46.8. The van der Waals surface area contributed by atoms with E-state index in [9.17, 15) is 19.8 Å². The molecule has 6 atom stereocenters. The Morgan fingerprint density at radius 1 is 1.25 bits per heavy atom. The lowest BCUT2D eigenvalue weighted by molar-refractivity contribution is -0.163. The van der Waals surface area contributed by atoms with E-state index in [0.717, 1.165) is 18.4 Å². The first-order valence-electron chi connectivity index (χ1n) is 9.10. The van der Waals surface area contributed by atoms with Crippen LogP contribution in [0.25, 0.3) is 0 Å². The number of hydrogen-bond donors (Lipinski definition) is 2. The lowest BCUT2D eigenvalue weighted by Crippen LogP contribution is -2.59. The molecule has 0 amide bonds. The Hall–Kier alpha value is -1.00. The van der Waals surface area contributed by atoms with Gasteiger partial charge in [0.2, 0.25) is 0 Å². The summed E-state index contributed by atoms with van der Waals surface area (Å²) >= 11 is 0. The van der Waals surface area contributed by atoms with Gasteiger partial charge in [0.15, 0.2) is 5.78 Å². The maximum atomic E-state index is 13.1. The van der Waals surface area contributed by atoms with E-state index < -0.39 is 11.5 Å². The molecule has 2 fully saturated rings. The van der Waals surface area contributed by atoms with Crippen molar-refractivity contribution in [1.29, 1.82) is 0 Å². The van der Waals surface area contributed by atoms with Crippen molar-refractivity contribution < 1.29 is 19.8 Å². The van der Waals surface area contributed by atoms with E-state index in [4.69, 9.17) is 0 Å². The van der Waals surface area contributed by atoms with Crippen LogP contribution in [0, 0.1) is 28.1 Å². The summed E-state index contributed by atoms with van der Waals surface area (Å²) in [5, 5.41) is 19.6. The fraction of sp³-hybridized carbons (Fsp3) is 0.800. The van der Waals surface area contributed by atoms with Gasteiger partial charge in [-0.1, -0.05) is 26.3 Å². The molecule has 0 bridgehead atoms. The number of carbonyl (C=O) groups is 2. The van der Waals surface area contributed by atoms with Gasteiger partial charge in [-0.05, 0) is 54.4 Å². The lowest BCUT2D eigenvalue weighted by atomic mass is 9.42. The Balaban J connectivity index is 2.00. The summed E-state index contributed by atoms with van der Waals surface area (Å²) in [6.45, 7) is 8.02. The van der Waals surface area contributed by atoms with E-state index in [1.807, 2.05) is 13.8 Å². The molecule has 3 aliphatic rings. The van der Waals surface area contributed by atoms with Crippen molar-refractivity contribution in [1.82, 2.24) is 0 Å². The third-order valence-corrected chi connectivity index (χ3v) is 7.86. The smallest absolute Gasteiger partial charge is 0.155 e. The highest BCUT2D eigenvalue weighted by molar-refractivity contribution is 5.93. The third-order valence-electron chi connectivity index (χ3n) is 7.86. The van der Waals surface area contributed by atoms with Crippen LogP contribution in [0.2, 0.25) is 0 Å². The number of aliphatic hydroxyl groups is 2. The summed E-state index contributed by atoms with van der Waals surface area (Å²) in [7, 11) is 0. The molecule has 0 unspecified atom stereocenters. The van der Waals surface area contributed by atoms with Crippen LogP contribution in [0.3, 0.4) is 0 Å². The SMILES string of the molecule is CC1=CC(=O)C[C@@H]2[C@@]3(C)CC[C@](C)([C@H](O)CO)C[C@@H]3C(=O)C[C@]12C. The average Bonchev–Trinajstić information content (AvgIpc) is 2.51. The van der Waals surface area contributed by atoms with Gasteiger partial charge in [-0.15, -0.1) is 0 Å². The van der Waals surface area contributed by atoms with E-state index in [0.29, 0.717) is 19.3 Å². The Bertz CT molecular complexity index is 609. The maximum Gasteiger partial charge on any atom is 0.155 e. The molecule has 0 aromatic carbocycles. The first-order chi connectivity index (χ1) is 11.1. The summed E-state index contributed by atoms with van der Waals surface area (Å²) in [5.41, 5.74) is 0.190. The zero-order valence-electron chi connectivity index (χ0n) is 15.3. The minimum absolute atomic E-state index is 0.130. The third kappa shape index (κ3) is 2.33. The molecule has 0 aromatic rings. The molecule has 0 saturated heterocycles. The summed E-state index contributed by atoms with van der Waals surface area (Å²) < 4.78 is 0. The number of fused-ring (bicyclic) bond motifs is 3. The molecule has 0 aromatic heterocycles. The zero-order chi connectivity index (χ0) is 17.9. The molecule has 2 saturated carbocycles. The molecule has 4 nitrogen and oxygen atoms in total. The highest BCUT2D eigenvalue weighted by Gasteiger charge is 2.62. The van der Waals surface area contributed by atoms with Gasteiger partial charge in [0.1, 0.15) is 5.78 Å². The number of hydrogen-bond acceptors (Lipinski definition) is 4. The van der Waals surface area contributed by atoms with Crippen molar-refractivity contribution in [2.45, 2.75) is 65.9 Å². The number of carbonyl (C=O) groups excluding carboxylic acids is 2. The number of Topliss-reactive ketones (excluding diaryl/α,β-unsaturated/α-hetero) is 1. The summed E-state index contributed by atoms with van der Waals surface area (Å²) in [6, 6.07) is 0. The fourth-order valence-corrected chi connectivity index (χ4v) is 5.83. The van der Waals surface area contributed by atoms with Crippen LogP contribution in [0.4, 0.5) is 0 Å². The topological polar surface area (TPSA) is 74.6 Å². The Morgan fingerprint density at radius 3 is 2.54 bits per heavy atom. The van der Waals surface area contributed by atoms with Crippen molar-refractivity contribution in [3.63, 3.8) is 0 Å². The first-order valence-corrected chi connectivity index (χ1v) is 9.10. The minimum atomic E-state index is -0.794. The molecule has 0 aliphatic heterocycles. The molecule has 3 rings (SSSR count). The van der Waals surface area contributed by atoms with Crippen LogP contribution in [0.5, 0.6) is 0 Å². The summed E-state index contributed by atoms with van der Waals surface area (Å²) in [6.07, 6.45) is 4.14. The predicted molar refractivity (Wildman–Crippen MR) is 91.2 cm³/mol. The van der Waals surface area contributed by atoms with E-state index >= 15 is 0 Å². The highest BCUT2D eigenvalue weighted by atomic mass is 16.3. The minimum Gasteiger partial charge on any atom is -0.394 e. The zero-order valence-corrected chi connectivity index (χ0v) is 15.3. The second-order valence-corrected chi connectivity index (χ2v) is 9.23. The van der Waals surface area contributed by atoms with Crippen molar-refractivity contribution in [2.75, 3.05) is 6.61 Å². The molecular formula is C20H30O4. The van der Waals surface area contributed by atoms with E-state index in [2.05, 4.69) is 13.8 Å². The van der Waals surface area contributed by atoms with Crippen LogP contribution < -0.4 is 0 Å². The maximum absolute atomic E-state index is 13.1. The Labute approximate surface area is 144 Å².